The third-order valence-corrected chi connectivity index (χ3v) is 1.99. The second-order valence-corrected chi connectivity index (χ2v) is 3.08. The van der Waals surface area contributed by atoms with Crippen molar-refractivity contribution in [3.8, 4) is 0 Å². The Hall–Kier alpha value is -1.31. The molecule has 1 aromatic carbocycles. The van der Waals surface area contributed by atoms with Crippen molar-refractivity contribution >= 4 is 11.5 Å². The Morgan fingerprint density at radius 1 is 1.25 bits per heavy atom. The summed E-state index contributed by atoms with van der Waals surface area (Å²) in [4.78, 5) is 11.1. The first-order valence-electron chi connectivity index (χ1n) is 3.90. The molecule has 0 aliphatic rings. The van der Waals surface area contributed by atoms with Crippen LogP contribution in [-0.2, 0) is 0 Å². The van der Waals surface area contributed by atoms with Crippen LogP contribution in [0.1, 0.15) is 28.4 Å². The third-order valence-electron chi connectivity index (χ3n) is 1.99. The minimum atomic E-state index is 0.0687. The maximum Gasteiger partial charge on any atom is 0.160 e. The summed E-state index contributed by atoms with van der Waals surface area (Å²) >= 11 is 0. The number of anilines is 1. The van der Waals surface area contributed by atoms with E-state index in [1.807, 2.05) is 19.9 Å². The van der Waals surface area contributed by atoms with Crippen LogP contribution in [0.2, 0.25) is 0 Å². The molecule has 0 saturated carbocycles. The quantitative estimate of drug-likeness (QED) is 0.509. The highest BCUT2D eigenvalue weighted by Crippen LogP contribution is 2.17. The molecule has 1 aromatic rings. The Balaban J connectivity index is 3.33. The number of nitrogen functional groups attached to an aromatic ring is 1. The normalized spacial score (nSPS) is 9.92. The van der Waals surface area contributed by atoms with Gasteiger partial charge in [0, 0.05) is 11.3 Å². The highest BCUT2D eigenvalue weighted by Gasteiger charge is 2.05. The summed E-state index contributed by atoms with van der Waals surface area (Å²) in [5, 5.41) is 0. The molecule has 0 unspecified atom stereocenters. The standard InChI is InChI=1S/C10H13NO/c1-6-4-7(2)10(11)5-9(6)8(3)12/h4-5H,11H2,1-3H3. The van der Waals surface area contributed by atoms with Crippen molar-refractivity contribution in [1.29, 1.82) is 0 Å². The summed E-state index contributed by atoms with van der Waals surface area (Å²) in [6, 6.07) is 3.68. The van der Waals surface area contributed by atoms with Crippen molar-refractivity contribution in [2.75, 3.05) is 5.73 Å². The van der Waals surface area contributed by atoms with Gasteiger partial charge in [-0.2, -0.15) is 0 Å². The van der Waals surface area contributed by atoms with Crippen LogP contribution >= 0.6 is 0 Å². The number of carbonyl (C=O) groups is 1. The van der Waals surface area contributed by atoms with Crippen LogP contribution in [0.15, 0.2) is 12.1 Å². The third kappa shape index (κ3) is 1.47. The van der Waals surface area contributed by atoms with Crippen molar-refractivity contribution in [1.82, 2.24) is 0 Å². The first-order valence-corrected chi connectivity index (χ1v) is 3.90. The Morgan fingerprint density at radius 2 is 1.83 bits per heavy atom. The Bertz CT molecular complexity index is 329. The van der Waals surface area contributed by atoms with E-state index in [2.05, 4.69) is 0 Å². The molecule has 0 saturated heterocycles. The zero-order chi connectivity index (χ0) is 9.30. The summed E-state index contributed by atoms with van der Waals surface area (Å²) < 4.78 is 0. The number of benzene rings is 1. The van der Waals surface area contributed by atoms with Crippen molar-refractivity contribution in [3.63, 3.8) is 0 Å². The largest absolute Gasteiger partial charge is 0.398 e. The van der Waals surface area contributed by atoms with Gasteiger partial charge in [-0.15, -0.1) is 0 Å². The van der Waals surface area contributed by atoms with E-state index in [0.29, 0.717) is 5.69 Å². The molecule has 2 nitrogen and oxygen atoms in total. The zero-order valence-corrected chi connectivity index (χ0v) is 7.64. The number of nitrogens with two attached hydrogens (primary N) is 1. The van der Waals surface area contributed by atoms with Gasteiger partial charge in [-0.3, -0.25) is 4.79 Å². The number of hydrogen-bond donors (Lipinski definition) is 1. The lowest BCUT2D eigenvalue weighted by molar-refractivity contribution is 0.101. The fraction of sp³-hybridized carbons (Fsp3) is 0.300. The monoisotopic (exact) mass is 163 g/mol. The van der Waals surface area contributed by atoms with E-state index in [0.717, 1.165) is 16.7 Å². The molecule has 0 atom stereocenters. The van der Waals surface area contributed by atoms with E-state index in [1.165, 1.54) is 0 Å². The molecule has 12 heavy (non-hydrogen) atoms. The van der Waals surface area contributed by atoms with Gasteiger partial charge in [-0.05, 0) is 38.0 Å². The van der Waals surface area contributed by atoms with Gasteiger partial charge in [-0.1, -0.05) is 6.07 Å². The number of aryl methyl sites for hydroxylation is 2. The van der Waals surface area contributed by atoms with E-state index >= 15 is 0 Å². The van der Waals surface area contributed by atoms with E-state index < -0.39 is 0 Å². The summed E-state index contributed by atoms with van der Waals surface area (Å²) in [6.45, 7) is 5.41. The molecule has 0 radical (unpaired) electrons. The maximum absolute atomic E-state index is 11.1. The second kappa shape index (κ2) is 2.97. The molecule has 0 aliphatic carbocycles. The number of rotatable bonds is 1. The molecule has 0 fully saturated rings. The molecular formula is C10H13NO. The highest BCUT2D eigenvalue weighted by molar-refractivity contribution is 5.96. The second-order valence-electron chi connectivity index (χ2n) is 3.08. The van der Waals surface area contributed by atoms with Crippen LogP contribution in [0, 0.1) is 13.8 Å². The van der Waals surface area contributed by atoms with E-state index in [-0.39, 0.29) is 5.78 Å². The van der Waals surface area contributed by atoms with Crippen LogP contribution in [0.3, 0.4) is 0 Å². The number of ketones is 1. The van der Waals surface area contributed by atoms with Crippen molar-refractivity contribution in [2.24, 2.45) is 0 Å². The van der Waals surface area contributed by atoms with Gasteiger partial charge in [0.1, 0.15) is 0 Å². The van der Waals surface area contributed by atoms with Crippen LogP contribution in [0.4, 0.5) is 5.69 Å². The van der Waals surface area contributed by atoms with Gasteiger partial charge in [0.2, 0.25) is 0 Å². The molecule has 0 aromatic heterocycles. The van der Waals surface area contributed by atoms with Crippen molar-refractivity contribution in [3.05, 3.63) is 28.8 Å². The average molecular weight is 163 g/mol. The fourth-order valence-electron chi connectivity index (χ4n) is 1.25. The lowest BCUT2D eigenvalue weighted by atomic mass is 10.0. The molecule has 2 heteroatoms. The fourth-order valence-corrected chi connectivity index (χ4v) is 1.25. The summed E-state index contributed by atoms with van der Waals surface area (Å²) in [5.74, 6) is 0.0687. The summed E-state index contributed by atoms with van der Waals surface area (Å²) in [6.07, 6.45) is 0. The molecule has 0 bridgehead atoms. The molecule has 0 spiro atoms. The highest BCUT2D eigenvalue weighted by atomic mass is 16.1. The Kier molecular flexibility index (Phi) is 2.18. The molecule has 0 heterocycles. The van der Waals surface area contributed by atoms with E-state index in [9.17, 15) is 4.79 Å². The number of carbonyl (C=O) groups excluding carboxylic acids is 1. The van der Waals surface area contributed by atoms with Crippen LogP contribution in [-0.4, -0.2) is 5.78 Å². The SMILES string of the molecule is CC(=O)c1cc(N)c(C)cc1C. The minimum Gasteiger partial charge on any atom is -0.398 e. The van der Waals surface area contributed by atoms with Gasteiger partial charge in [0.25, 0.3) is 0 Å². The van der Waals surface area contributed by atoms with Gasteiger partial charge in [0.15, 0.2) is 5.78 Å². The van der Waals surface area contributed by atoms with Crippen molar-refractivity contribution < 1.29 is 4.79 Å². The number of hydrogen-bond acceptors (Lipinski definition) is 2. The van der Waals surface area contributed by atoms with Gasteiger partial charge in [0.05, 0.1) is 0 Å². The average Bonchev–Trinajstić information content (AvgIpc) is 1.96. The predicted molar refractivity (Wildman–Crippen MR) is 50.3 cm³/mol. The molecule has 1 rings (SSSR count). The van der Waals surface area contributed by atoms with Crippen molar-refractivity contribution in [2.45, 2.75) is 20.8 Å². The van der Waals surface area contributed by atoms with E-state index in [4.69, 9.17) is 5.73 Å². The Morgan fingerprint density at radius 3 is 2.33 bits per heavy atom. The van der Waals surface area contributed by atoms with E-state index in [1.54, 1.807) is 13.0 Å². The lowest BCUT2D eigenvalue weighted by Crippen LogP contribution is -2.00. The maximum atomic E-state index is 11.1. The van der Waals surface area contributed by atoms with Gasteiger partial charge in [-0.25, -0.2) is 0 Å². The summed E-state index contributed by atoms with van der Waals surface area (Å²) in [5.41, 5.74) is 9.10. The topological polar surface area (TPSA) is 43.1 Å². The first kappa shape index (κ1) is 8.78. The molecule has 64 valence electrons. The molecule has 2 N–H and O–H groups in total. The Labute approximate surface area is 72.4 Å². The lowest BCUT2D eigenvalue weighted by Gasteiger charge is -2.05. The predicted octanol–water partition coefficient (Wildman–Crippen LogP) is 2.09. The van der Waals surface area contributed by atoms with Crippen LogP contribution in [0.25, 0.3) is 0 Å². The summed E-state index contributed by atoms with van der Waals surface area (Å²) in [7, 11) is 0. The minimum absolute atomic E-state index is 0.0687. The molecule has 0 aliphatic heterocycles. The zero-order valence-electron chi connectivity index (χ0n) is 7.64. The smallest absolute Gasteiger partial charge is 0.160 e. The molecule has 0 amide bonds. The van der Waals surface area contributed by atoms with Gasteiger partial charge >= 0.3 is 0 Å². The number of Topliss-reactive ketones (excluding diaryl/α,β-unsaturated/α-hetero) is 1. The van der Waals surface area contributed by atoms with Gasteiger partial charge < -0.3 is 5.73 Å². The molecular weight excluding hydrogens is 150 g/mol. The first-order chi connectivity index (χ1) is 5.52. The van der Waals surface area contributed by atoms with Crippen LogP contribution < -0.4 is 5.73 Å². The van der Waals surface area contributed by atoms with Crippen LogP contribution in [0.5, 0.6) is 0 Å².